The van der Waals surface area contributed by atoms with E-state index in [-0.39, 0.29) is 23.5 Å². The van der Waals surface area contributed by atoms with Crippen LogP contribution in [0.2, 0.25) is 0 Å². The normalized spacial score (nSPS) is 26.8. The van der Waals surface area contributed by atoms with Crippen LogP contribution < -0.4 is 10.6 Å². The second-order valence-corrected chi connectivity index (χ2v) is 6.60. The zero-order chi connectivity index (χ0) is 15.6. The van der Waals surface area contributed by atoms with Crippen LogP contribution in [0.15, 0.2) is 18.7 Å². The summed E-state index contributed by atoms with van der Waals surface area (Å²) >= 11 is 0. The third kappa shape index (κ3) is 2.84. The number of nitrogens with one attached hydrogen (secondary N) is 2. The van der Waals surface area contributed by atoms with Gasteiger partial charge in [-0.15, -0.1) is 0 Å². The first-order valence-electron chi connectivity index (χ1n) is 8.28. The van der Waals surface area contributed by atoms with Crippen molar-refractivity contribution in [2.75, 3.05) is 6.61 Å². The summed E-state index contributed by atoms with van der Waals surface area (Å²) in [6.07, 6.45) is 10.3. The minimum absolute atomic E-state index is 0.0642. The Morgan fingerprint density at radius 1 is 1.55 bits per heavy atom. The van der Waals surface area contributed by atoms with Crippen LogP contribution >= 0.6 is 0 Å². The van der Waals surface area contributed by atoms with Gasteiger partial charge in [0.05, 0.1) is 12.4 Å². The van der Waals surface area contributed by atoms with Crippen molar-refractivity contribution >= 4 is 6.03 Å². The van der Waals surface area contributed by atoms with Crippen LogP contribution in [-0.4, -0.2) is 40.4 Å². The molecule has 2 amide bonds. The lowest BCUT2D eigenvalue weighted by Gasteiger charge is -2.60. The number of hydrogen-bond acceptors (Lipinski definition) is 3. The number of urea groups is 1. The zero-order valence-corrected chi connectivity index (χ0v) is 13.4. The highest BCUT2D eigenvalue weighted by molar-refractivity contribution is 5.74. The molecule has 2 saturated carbocycles. The van der Waals surface area contributed by atoms with E-state index >= 15 is 0 Å². The van der Waals surface area contributed by atoms with Crippen molar-refractivity contribution in [1.29, 1.82) is 0 Å². The second-order valence-electron chi connectivity index (χ2n) is 6.60. The van der Waals surface area contributed by atoms with Crippen LogP contribution in [0.1, 0.15) is 39.5 Å². The summed E-state index contributed by atoms with van der Waals surface area (Å²) in [5.74, 6) is 0. The maximum Gasteiger partial charge on any atom is 0.315 e. The number of carbonyl (C=O) groups is 1. The van der Waals surface area contributed by atoms with E-state index in [2.05, 4.69) is 15.6 Å². The van der Waals surface area contributed by atoms with Crippen LogP contribution in [0, 0.1) is 5.41 Å². The van der Waals surface area contributed by atoms with Gasteiger partial charge >= 0.3 is 6.03 Å². The largest absolute Gasteiger partial charge is 0.378 e. The number of carbonyl (C=O) groups excluding carboxylic acids is 1. The van der Waals surface area contributed by atoms with Crippen molar-refractivity contribution in [2.45, 2.75) is 64.3 Å². The molecule has 1 heterocycles. The quantitative estimate of drug-likeness (QED) is 0.843. The Labute approximate surface area is 131 Å². The van der Waals surface area contributed by atoms with E-state index in [4.69, 9.17) is 4.74 Å². The molecule has 2 aliphatic carbocycles. The molecule has 2 N–H and O–H groups in total. The molecule has 3 rings (SSSR count). The molecule has 0 radical (unpaired) electrons. The Balaban J connectivity index is 1.46. The fourth-order valence-corrected chi connectivity index (χ4v) is 3.82. The van der Waals surface area contributed by atoms with Crippen molar-refractivity contribution in [1.82, 2.24) is 20.2 Å². The standard InChI is InChI=1S/C16H26N4O2/c1-3-22-14-9-13(16(14)5-4-6-16)19-15(21)18-12(2)10-20-8-7-17-11-20/h7-8,11-14H,3-6,9-10H2,1-2H3,(H2,18,19,21)/t12-,13-,14+/m0/s1. The lowest BCUT2D eigenvalue weighted by atomic mass is 9.51. The van der Waals surface area contributed by atoms with E-state index in [0.29, 0.717) is 6.10 Å². The van der Waals surface area contributed by atoms with Crippen molar-refractivity contribution in [3.63, 3.8) is 0 Å². The van der Waals surface area contributed by atoms with Crippen LogP contribution in [0.3, 0.4) is 0 Å². The molecule has 0 saturated heterocycles. The predicted molar refractivity (Wildman–Crippen MR) is 83.5 cm³/mol. The van der Waals surface area contributed by atoms with E-state index < -0.39 is 0 Å². The molecule has 0 aromatic carbocycles. The Kier molecular flexibility index (Phi) is 4.38. The smallest absolute Gasteiger partial charge is 0.315 e. The third-order valence-corrected chi connectivity index (χ3v) is 5.16. The highest BCUT2D eigenvalue weighted by Gasteiger charge is 2.59. The van der Waals surface area contributed by atoms with Crippen LogP contribution in [0.25, 0.3) is 0 Å². The van der Waals surface area contributed by atoms with Gasteiger partial charge in [0.2, 0.25) is 0 Å². The maximum absolute atomic E-state index is 12.2. The van der Waals surface area contributed by atoms with Crippen molar-refractivity contribution in [3.05, 3.63) is 18.7 Å². The molecule has 3 atom stereocenters. The summed E-state index contributed by atoms with van der Waals surface area (Å²) < 4.78 is 7.78. The zero-order valence-electron chi connectivity index (χ0n) is 13.4. The SMILES string of the molecule is CCO[C@@H]1C[C@H](NC(=O)N[C@@H](C)Cn2ccnc2)C12CCC2. The van der Waals surface area contributed by atoms with Gasteiger partial charge in [0, 0.05) is 43.0 Å². The van der Waals surface area contributed by atoms with Gasteiger partial charge < -0.3 is 19.9 Å². The number of ether oxygens (including phenoxy) is 1. The molecule has 0 unspecified atom stereocenters. The Hall–Kier alpha value is -1.56. The third-order valence-electron chi connectivity index (χ3n) is 5.16. The first-order valence-corrected chi connectivity index (χ1v) is 8.28. The summed E-state index contributed by atoms with van der Waals surface area (Å²) in [4.78, 5) is 16.2. The molecular weight excluding hydrogens is 280 g/mol. The Morgan fingerprint density at radius 2 is 2.36 bits per heavy atom. The van der Waals surface area contributed by atoms with E-state index in [1.54, 1.807) is 12.5 Å². The van der Waals surface area contributed by atoms with Crippen LogP contribution in [-0.2, 0) is 11.3 Å². The highest BCUT2D eigenvalue weighted by Crippen LogP contribution is 2.57. The number of imidazole rings is 1. The number of amides is 2. The molecule has 122 valence electrons. The maximum atomic E-state index is 12.2. The number of hydrogen-bond donors (Lipinski definition) is 2. The lowest BCUT2D eigenvalue weighted by molar-refractivity contribution is -0.169. The van der Waals surface area contributed by atoms with Gasteiger partial charge in [-0.25, -0.2) is 9.78 Å². The van der Waals surface area contributed by atoms with E-state index in [9.17, 15) is 4.79 Å². The molecule has 1 aromatic heterocycles. The minimum Gasteiger partial charge on any atom is -0.378 e. The molecular formula is C16H26N4O2. The fourth-order valence-electron chi connectivity index (χ4n) is 3.82. The summed E-state index contributed by atoms with van der Waals surface area (Å²) in [5.41, 5.74) is 0.209. The van der Waals surface area contributed by atoms with Crippen molar-refractivity contribution in [2.24, 2.45) is 5.41 Å². The minimum atomic E-state index is -0.0705. The monoisotopic (exact) mass is 306 g/mol. The van der Waals surface area contributed by atoms with Crippen LogP contribution in [0.4, 0.5) is 4.79 Å². The van der Waals surface area contributed by atoms with Crippen LogP contribution in [0.5, 0.6) is 0 Å². The van der Waals surface area contributed by atoms with Crippen molar-refractivity contribution in [3.8, 4) is 0 Å². The topological polar surface area (TPSA) is 68.2 Å². The second kappa shape index (κ2) is 6.28. The summed E-state index contributed by atoms with van der Waals surface area (Å²) in [6.45, 7) is 5.53. The Morgan fingerprint density at radius 3 is 2.95 bits per heavy atom. The van der Waals surface area contributed by atoms with E-state index in [1.165, 1.54) is 19.3 Å². The van der Waals surface area contributed by atoms with Gasteiger partial charge in [0.25, 0.3) is 0 Å². The van der Waals surface area contributed by atoms with E-state index in [0.717, 1.165) is 19.6 Å². The van der Waals surface area contributed by atoms with Gasteiger partial charge in [-0.2, -0.15) is 0 Å². The average Bonchev–Trinajstić information content (AvgIpc) is 2.87. The van der Waals surface area contributed by atoms with Gasteiger partial charge in [-0.05, 0) is 33.1 Å². The molecule has 2 fully saturated rings. The van der Waals surface area contributed by atoms with Gasteiger partial charge in [0.1, 0.15) is 0 Å². The number of aromatic nitrogens is 2. The molecule has 0 aliphatic heterocycles. The number of rotatable bonds is 6. The molecule has 22 heavy (non-hydrogen) atoms. The van der Waals surface area contributed by atoms with Gasteiger partial charge in [-0.3, -0.25) is 0 Å². The molecule has 1 spiro atoms. The van der Waals surface area contributed by atoms with Gasteiger partial charge in [0.15, 0.2) is 0 Å². The van der Waals surface area contributed by atoms with Crippen molar-refractivity contribution < 1.29 is 9.53 Å². The first-order chi connectivity index (χ1) is 10.6. The predicted octanol–water partition coefficient (Wildman–Crippen LogP) is 1.92. The van der Waals surface area contributed by atoms with E-state index in [1.807, 2.05) is 24.6 Å². The van der Waals surface area contributed by atoms with Gasteiger partial charge in [-0.1, -0.05) is 6.42 Å². The molecule has 6 heteroatoms. The Bertz CT molecular complexity index is 498. The average molecular weight is 306 g/mol. The lowest BCUT2D eigenvalue weighted by Crippen LogP contribution is -2.68. The fraction of sp³-hybridized carbons (Fsp3) is 0.750. The summed E-state index contributed by atoms with van der Waals surface area (Å²) in [7, 11) is 0. The molecule has 6 nitrogen and oxygen atoms in total. The molecule has 1 aromatic rings. The summed E-state index contributed by atoms with van der Waals surface area (Å²) in [6, 6.07) is 0.256. The first kappa shape index (κ1) is 15.3. The highest BCUT2D eigenvalue weighted by atomic mass is 16.5. The number of nitrogens with zero attached hydrogens (tertiary/aromatic N) is 2. The molecule has 2 aliphatic rings. The summed E-state index contributed by atoms with van der Waals surface area (Å²) in [5, 5.41) is 6.16. The molecule has 0 bridgehead atoms.